The van der Waals surface area contributed by atoms with E-state index in [-0.39, 0.29) is 12.5 Å². The Morgan fingerprint density at radius 3 is 2.52 bits per heavy atom. The summed E-state index contributed by atoms with van der Waals surface area (Å²) >= 11 is 5.90. The molecule has 0 heterocycles. The minimum absolute atomic E-state index is 0.141. The third-order valence-electron chi connectivity index (χ3n) is 4.79. The van der Waals surface area contributed by atoms with Gasteiger partial charge in [0, 0.05) is 5.02 Å². The monoisotopic (exact) mass is 464 g/mol. The maximum Gasteiger partial charge on any atom is 0.343 e. The molecule has 0 atom stereocenters. The molecule has 0 aliphatic heterocycles. The Labute approximate surface area is 198 Å². The third-order valence-corrected chi connectivity index (χ3v) is 5.03. The van der Waals surface area contributed by atoms with Crippen molar-refractivity contribution >= 4 is 29.7 Å². The molecule has 0 radical (unpaired) electrons. The average molecular weight is 465 g/mol. The van der Waals surface area contributed by atoms with Crippen LogP contribution in [0.5, 0.6) is 11.5 Å². The van der Waals surface area contributed by atoms with Gasteiger partial charge < -0.3 is 9.47 Å². The first-order chi connectivity index (χ1) is 15.8. The lowest BCUT2D eigenvalue weighted by Gasteiger charge is -2.12. The van der Waals surface area contributed by atoms with Crippen LogP contribution in [0.3, 0.4) is 0 Å². The second kappa shape index (κ2) is 11.3. The van der Waals surface area contributed by atoms with Gasteiger partial charge in [-0.3, -0.25) is 4.79 Å². The van der Waals surface area contributed by atoms with Crippen LogP contribution in [0.1, 0.15) is 46.8 Å². The maximum absolute atomic E-state index is 12.2. The highest BCUT2D eigenvalue weighted by Gasteiger charge is 2.09. The summed E-state index contributed by atoms with van der Waals surface area (Å²) in [5, 5.41) is 4.40. The van der Waals surface area contributed by atoms with Gasteiger partial charge in [0.1, 0.15) is 11.5 Å². The number of esters is 1. The van der Waals surface area contributed by atoms with Crippen LogP contribution in [0.2, 0.25) is 5.02 Å². The van der Waals surface area contributed by atoms with Crippen molar-refractivity contribution in [3.63, 3.8) is 0 Å². The van der Waals surface area contributed by atoms with Gasteiger partial charge in [0.15, 0.2) is 6.61 Å². The number of aryl methyl sites for hydroxylation is 1. The summed E-state index contributed by atoms with van der Waals surface area (Å²) in [6.45, 7) is 6.00. The van der Waals surface area contributed by atoms with Crippen LogP contribution in [0.4, 0.5) is 0 Å². The smallest absolute Gasteiger partial charge is 0.343 e. The zero-order valence-corrected chi connectivity index (χ0v) is 19.4. The Hall–Kier alpha value is -3.64. The molecule has 0 saturated heterocycles. The molecule has 7 heteroatoms. The fourth-order valence-corrected chi connectivity index (χ4v) is 3.08. The van der Waals surface area contributed by atoms with E-state index >= 15 is 0 Å². The number of hydrogen-bond donors (Lipinski definition) is 1. The van der Waals surface area contributed by atoms with Crippen LogP contribution in [-0.2, 0) is 4.79 Å². The number of halogens is 1. The van der Waals surface area contributed by atoms with Crippen molar-refractivity contribution in [1.82, 2.24) is 5.43 Å². The van der Waals surface area contributed by atoms with Crippen molar-refractivity contribution in [2.45, 2.75) is 26.7 Å². The molecule has 1 amide bonds. The Morgan fingerprint density at radius 2 is 1.82 bits per heavy atom. The highest BCUT2D eigenvalue weighted by Crippen LogP contribution is 2.24. The molecule has 3 aromatic rings. The fraction of sp³-hybridized carbons (Fsp3) is 0.192. The molecule has 0 aromatic heterocycles. The number of amides is 1. The van der Waals surface area contributed by atoms with Crippen LogP contribution in [0.15, 0.2) is 71.8 Å². The second-order valence-electron chi connectivity index (χ2n) is 7.73. The Balaban J connectivity index is 1.49. The van der Waals surface area contributed by atoms with Crippen molar-refractivity contribution in [2.24, 2.45) is 5.10 Å². The van der Waals surface area contributed by atoms with Crippen LogP contribution in [0, 0.1) is 6.92 Å². The number of hydrazone groups is 1. The molecule has 3 aromatic carbocycles. The third kappa shape index (κ3) is 7.19. The molecule has 6 nitrogen and oxygen atoms in total. The lowest BCUT2D eigenvalue weighted by Crippen LogP contribution is -2.24. The lowest BCUT2D eigenvalue weighted by molar-refractivity contribution is -0.123. The molecule has 33 heavy (non-hydrogen) atoms. The molecule has 0 aliphatic carbocycles. The highest BCUT2D eigenvalue weighted by atomic mass is 35.5. The maximum atomic E-state index is 12.2. The predicted molar refractivity (Wildman–Crippen MR) is 129 cm³/mol. The van der Waals surface area contributed by atoms with Crippen molar-refractivity contribution in [3.05, 3.63) is 94.0 Å². The van der Waals surface area contributed by atoms with Crippen LogP contribution in [0.25, 0.3) is 0 Å². The van der Waals surface area contributed by atoms with Gasteiger partial charge in [-0.05, 0) is 78.1 Å². The van der Waals surface area contributed by atoms with Crippen molar-refractivity contribution in [1.29, 1.82) is 0 Å². The number of hydrogen-bond acceptors (Lipinski definition) is 5. The topological polar surface area (TPSA) is 77.0 Å². The molecule has 3 rings (SSSR count). The van der Waals surface area contributed by atoms with Crippen LogP contribution >= 0.6 is 11.6 Å². The minimum atomic E-state index is -0.500. The standard InChI is InChI=1S/C26H25ClN2O4/c1-17(2)20-10-7-18(3)24(14-20)32-16-25(30)29-28-15-19-8-11-23(12-9-19)33-26(31)21-5-4-6-22(27)13-21/h4-15,17H,16H2,1-3H3,(H,29,30). The van der Waals surface area contributed by atoms with E-state index < -0.39 is 5.97 Å². The van der Waals surface area contributed by atoms with Crippen molar-refractivity contribution in [2.75, 3.05) is 6.61 Å². The van der Waals surface area contributed by atoms with Gasteiger partial charge in [0.05, 0.1) is 11.8 Å². The van der Waals surface area contributed by atoms with Gasteiger partial charge in [0.25, 0.3) is 5.91 Å². The summed E-state index contributed by atoms with van der Waals surface area (Å²) in [5.74, 6) is 0.572. The predicted octanol–water partition coefficient (Wildman–Crippen LogP) is 5.52. The summed E-state index contributed by atoms with van der Waals surface area (Å²) in [4.78, 5) is 24.2. The normalized spacial score (nSPS) is 10.9. The zero-order valence-electron chi connectivity index (χ0n) is 18.7. The fourth-order valence-electron chi connectivity index (χ4n) is 2.89. The molecule has 0 bridgehead atoms. The van der Waals surface area contributed by atoms with Crippen molar-refractivity contribution in [3.8, 4) is 11.5 Å². The summed E-state index contributed by atoms with van der Waals surface area (Å²) < 4.78 is 11.0. The molecular formula is C26H25ClN2O4. The second-order valence-corrected chi connectivity index (χ2v) is 8.17. The SMILES string of the molecule is Cc1ccc(C(C)C)cc1OCC(=O)NN=Cc1ccc(OC(=O)c2cccc(Cl)c2)cc1. The molecule has 1 N–H and O–H groups in total. The summed E-state index contributed by atoms with van der Waals surface area (Å²) in [5.41, 5.74) is 5.64. The Kier molecular flexibility index (Phi) is 8.22. The summed E-state index contributed by atoms with van der Waals surface area (Å²) in [6.07, 6.45) is 1.49. The first kappa shape index (κ1) is 24.0. The van der Waals surface area contributed by atoms with Gasteiger partial charge in [-0.2, -0.15) is 5.10 Å². The quantitative estimate of drug-likeness (QED) is 0.206. The Bertz CT molecular complexity index is 1160. The van der Waals surface area contributed by atoms with Gasteiger partial charge >= 0.3 is 5.97 Å². The lowest BCUT2D eigenvalue weighted by atomic mass is 10.0. The number of benzene rings is 3. The van der Waals surface area contributed by atoms with Crippen molar-refractivity contribution < 1.29 is 19.1 Å². The van der Waals surface area contributed by atoms with Gasteiger partial charge in [-0.15, -0.1) is 0 Å². The van der Waals surface area contributed by atoms with Crippen LogP contribution < -0.4 is 14.9 Å². The van der Waals surface area contributed by atoms with E-state index in [1.165, 1.54) is 6.21 Å². The van der Waals surface area contributed by atoms with Crippen LogP contribution in [-0.4, -0.2) is 24.7 Å². The van der Waals surface area contributed by atoms with E-state index in [4.69, 9.17) is 21.1 Å². The average Bonchev–Trinajstić information content (AvgIpc) is 2.79. The number of nitrogens with one attached hydrogen (secondary N) is 1. The number of carbonyl (C=O) groups excluding carboxylic acids is 2. The largest absolute Gasteiger partial charge is 0.483 e. The molecular weight excluding hydrogens is 440 g/mol. The van der Waals surface area contributed by atoms with E-state index in [0.717, 1.165) is 16.7 Å². The number of nitrogens with zero attached hydrogens (tertiary/aromatic N) is 1. The van der Waals surface area contributed by atoms with Gasteiger partial charge in [-0.1, -0.05) is 43.6 Å². The van der Waals surface area contributed by atoms with E-state index in [9.17, 15) is 9.59 Å². The van der Waals surface area contributed by atoms with Gasteiger partial charge in [0.2, 0.25) is 0 Å². The molecule has 0 spiro atoms. The number of carbonyl (C=O) groups is 2. The Morgan fingerprint density at radius 1 is 1.06 bits per heavy atom. The molecule has 0 fully saturated rings. The van der Waals surface area contributed by atoms with E-state index in [2.05, 4.69) is 30.4 Å². The van der Waals surface area contributed by atoms with Gasteiger partial charge in [-0.25, -0.2) is 10.2 Å². The highest BCUT2D eigenvalue weighted by molar-refractivity contribution is 6.30. The molecule has 0 aliphatic rings. The van der Waals surface area contributed by atoms with E-state index in [0.29, 0.717) is 28.0 Å². The zero-order chi connectivity index (χ0) is 23.8. The molecule has 0 unspecified atom stereocenters. The number of ether oxygens (including phenoxy) is 2. The summed E-state index contributed by atoms with van der Waals surface area (Å²) in [6, 6.07) is 19.2. The van der Waals surface area contributed by atoms with E-state index in [1.54, 1.807) is 48.5 Å². The molecule has 0 saturated carbocycles. The minimum Gasteiger partial charge on any atom is -0.483 e. The summed E-state index contributed by atoms with van der Waals surface area (Å²) in [7, 11) is 0. The number of rotatable bonds is 8. The first-order valence-electron chi connectivity index (χ1n) is 10.4. The molecule has 170 valence electrons. The first-order valence-corrected chi connectivity index (χ1v) is 10.8. The van der Waals surface area contributed by atoms with E-state index in [1.807, 2.05) is 19.1 Å².